The number of carbonyl (C=O) groups excluding carboxylic acids is 2. The molecule has 0 bridgehead atoms. The molecule has 0 saturated heterocycles. The summed E-state index contributed by atoms with van der Waals surface area (Å²) in [6, 6.07) is 17.0. The summed E-state index contributed by atoms with van der Waals surface area (Å²) in [5.41, 5.74) is 0.342. The molecule has 2 aromatic carbocycles. The lowest BCUT2D eigenvalue weighted by molar-refractivity contribution is -0.122. The summed E-state index contributed by atoms with van der Waals surface area (Å²) in [5, 5.41) is 2.79. The van der Waals surface area contributed by atoms with E-state index in [0.29, 0.717) is 6.54 Å². The number of hydrogen-bond donors (Lipinski definition) is 1. The summed E-state index contributed by atoms with van der Waals surface area (Å²) in [5.74, 6) is 1.23. The van der Waals surface area contributed by atoms with Gasteiger partial charge in [-0.15, -0.1) is 0 Å². The van der Waals surface area contributed by atoms with Gasteiger partial charge in [-0.3, -0.25) is 4.79 Å². The van der Waals surface area contributed by atoms with Crippen LogP contribution in [-0.2, 0) is 16.1 Å². The topological polar surface area (TPSA) is 67.9 Å². The van der Waals surface area contributed by atoms with Gasteiger partial charge in [0.05, 0.1) is 0 Å². The molecule has 0 aromatic heterocycles. The van der Waals surface area contributed by atoms with E-state index in [1.54, 1.807) is 20.8 Å². The van der Waals surface area contributed by atoms with Crippen LogP contribution >= 0.6 is 0 Å². The lowest BCUT2D eigenvalue weighted by Gasteiger charge is -2.24. The van der Waals surface area contributed by atoms with Crippen LogP contribution in [0.4, 0.5) is 4.79 Å². The van der Waals surface area contributed by atoms with Crippen molar-refractivity contribution in [3.05, 3.63) is 60.2 Å². The maximum Gasteiger partial charge on any atom is 0.410 e. The van der Waals surface area contributed by atoms with Crippen LogP contribution in [0.15, 0.2) is 54.6 Å². The third-order valence-electron chi connectivity index (χ3n) is 3.48. The quantitative estimate of drug-likeness (QED) is 0.836. The molecule has 27 heavy (non-hydrogen) atoms. The second-order valence-corrected chi connectivity index (χ2v) is 7.17. The summed E-state index contributed by atoms with van der Waals surface area (Å²) in [4.78, 5) is 25.1. The Morgan fingerprint density at radius 1 is 0.963 bits per heavy atom. The van der Waals surface area contributed by atoms with Crippen molar-refractivity contribution in [1.29, 1.82) is 0 Å². The van der Waals surface area contributed by atoms with Crippen LogP contribution in [-0.4, -0.2) is 36.1 Å². The smallest absolute Gasteiger partial charge is 0.410 e. The fourth-order valence-corrected chi connectivity index (χ4v) is 2.18. The van der Waals surface area contributed by atoms with Gasteiger partial charge in [-0.25, -0.2) is 4.79 Å². The van der Waals surface area contributed by atoms with Gasteiger partial charge in [0, 0.05) is 13.6 Å². The van der Waals surface area contributed by atoms with E-state index in [9.17, 15) is 9.59 Å². The fourth-order valence-electron chi connectivity index (χ4n) is 2.18. The minimum absolute atomic E-state index is 0.0654. The molecule has 0 spiro atoms. The van der Waals surface area contributed by atoms with Crippen molar-refractivity contribution in [3.8, 4) is 11.5 Å². The van der Waals surface area contributed by atoms with E-state index in [-0.39, 0.29) is 12.5 Å². The first kappa shape index (κ1) is 20.3. The first-order valence-corrected chi connectivity index (χ1v) is 8.75. The number of para-hydroxylation sites is 1. The number of hydrogen-bond acceptors (Lipinski definition) is 4. The molecule has 0 unspecified atom stereocenters. The van der Waals surface area contributed by atoms with E-state index in [2.05, 4.69) is 5.32 Å². The Morgan fingerprint density at radius 2 is 1.56 bits per heavy atom. The van der Waals surface area contributed by atoms with Crippen molar-refractivity contribution >= 4 is 12.0 Å². The number of likely N-dealkylation sites (N-methyl/N-ethyl adjacent to an activating group) is 1. The number of amides is 2. The van der Waals surface area contributed by atoms with Crippen LogP contribution < -0.4 is 10.1 Å². The Bertz CT molecular complexity index is 752. The molecule has 0 radical (unpaired) electrons. The van der Waals surface area contributed by atoms with Crippen molar-refractivity contribution in [2.24, 2.45) is 0 Å². The number of carbonyl (C=O) groups is 2. The van der Waals surface area contributed by atoms with Crippen LogP contribution in [0.1, 0.15) is 26.3 Å². The van der Waals surface area contributed by atoms with Crippen molar-refractivity contribution < 1.29 is 19.1 Å². The number of benzene rings is 2. The van der Waals surface area contributed by atoms with Gasteiger partial charge in [0.2, 0.25) is 5.91 Å². The monoisotopic (exact) mass is 370 g/mol. The minimum atomic E-state index is -0.592. The van der Waals surface area contributed by atoms with Gasteiger partial charge in [0.15, 0.2) is 0 Å². The summed E-state index contributed by atoms with van der Waals surface area (Å²) >= 11 is 0. The lowest BCUT2D eigenvalue weighted by Crippen LogP contribution is -2.40. The zero-order valence-electron chi connectivity index (χ0n) is 16.2. The zero-order valence-corrected chi connectivity index (χ0v) is 16.2. The summed E-state index contributed by atoms with van der Waals surface area (Å²) in [6.45, 7) is 5.65. The molecule has 2 amide bonds. The molecule has 0 heterocycles. The fraction of sp³-hybridized carbons (Fsp3) is 0.333. The average Bonchev–Trinajstić information content (AvgIpc) is 2.60. The summed E-state index contributed by atoms with van der Waals surface area (Å²) in [6.07, 6.45) is -0.528. The van der Waals surface area contributed by atoms with Crippen molar-refractivity contribution in [2.45, 2.75) is 32.9 Å². The summed E-state index contributed by atoms with van der Waals surface area (Å²) in [7, 11) is 1.53. The van der Waals surface area contributed by atoms with Gasteiger partial charge < -0.3 is 19.7 Å². The Balaban J connectivity index is 1.78. The highest BCUT2D eigenvalue weighted by Crippen LogP contribution is 2.21. The van der Waals surface area contributed by atoms with Gasteiger partial charge in [0.1, 0.15) is 23.6 Å². The molecule has 144 valence electrons. The predicted molar refractivity (Wildman–Crippen MR) is 104 cm³/mol. The molecule has 0 aliphatic heterocycles. The highest BCUT2D eigenvalue weighted by Gasteiger charge is 2.20. The molecule has 0 aliphatic carbocycles. The Kier molecular flexibility index (Phi) is 6.82. The van der Waals surface area contributed by atoms with E-state index in [4.69, 9.17) is 9.47 Å². The van der Waals surface area contributed by atoms with Crippen LogP contribution in [0, 0.1) is 0 Å². The van der Waals surface area contributed by atoms with Crippen LogP contribution in [0.5, 0.6) is 11.5 Å². The zero-order chi connectivity index (χ0) is 19.9. The van der Waals surface area contributed by atoms with E-state index < -0.39 is 11.7 Å². The molecule has 0 atom stereocenters. The predicted octanol–water partition coefficient (Wildman–Crippen LogP) is 3.96. The lowest BCUT2D eigenvalue weighted by atomic mass is 10.2. The first-order valence-electron chi connectivity index (χ1n) is 8.75. The van der Waals surface area contributed by atoms with E-state index >= 15 is 0 Å². The molecule has 2 rings (SSSR count). The Hall–Kier alpha value is -3.02. The highest BCUT2D eigenvalue weighted by molar-refractivity contribution is 5.82. The second kappa shape index (κ2) is 9.07. The molecule has 6 nitrogen and oxygen atoms in total. The normalized spacial score (nSPS) is 10.8. The van der Waals surface area contributed by atoms with E-state index in [1.165, 1.54) is 11.9 Å². The number of rotatable bonds is 6. The van der Waals surface area contributed by atoms with Gasteiger partial charge in [-0.2, -0.15) is 0 Å². The largest absolute Gasteiger partial charge is 0.457 e. The third kappa shape index (κ3) is 7.40. The molecule has 0 aliphatic rings. The maximum atomic E-state index is 12.0. The third-order valence-corrected chi connectivity index (χ3v) is 3.48. The standard InChI is InChI=1S/C21H26N2O4/c1-21(2,3)27-20(25)23(4)15-19(24)22-14-16-10-12-18(13-11-16)26-17-8-6-5-7-9-17/h5-13H,14-15H2,1-4H3,(H,22,24). The van der Waals surface area contributed by atoms with Crippen molar-refractivity contribution in [1.82, 2.24) is 10.2 Å². The number of nitrogens with one attached hydrogen (secondary N) is 1. The molecule has 6 heteroatoms. The van der Waals surface area contributed by atoms with Gasteiger partial charge in [-0.1, -0.05) is 30.3 Å². The van der Waals surface area contributed by atoms with Gasteiger partial charge >= 0.3 is 6.09 Å². The van der Waals surface area contributed by atoms with E-state index in [0.717, 1.165) is 17.1 Å². The van der Waals surface area contributed by atoms with Gasteiger partial charge in [0.25, 0.3) is 0 Å². The molecule has 0 fully saturated rings. The van der Waals surface area contributed by atoms with E-state index in [1.807, 2.05) is 54.6 Å². The Labute approximate surface area is 160 Å². The van der Waals surface area contributed by atoms with Gasteiger partial charge in [-0.05, 0) is 50.6 Å². The molecule has 0 saturated carbocycles. The first-order chi connectivity index (χ1) is 12.7. The molecule has 2 aromatic rings. The minimum Gasteiger partial charge on any atom is -0.457 e. The average molecular weight is 370 g/mol. The molecular formula is C21H26N2O4. The molecular weight excluding hydrogens is 344 g/mol. The maximum absolute atomic E-state index is 12.0. The van der Waals surface area contributed by atoms with Crippen molar-refractivity contribution in [3.63, 3.8) is 0 Å². The van der Waals surface area contributed by atoms with Crippen LogP contribution in [0.25, 0.3) is 0 Å². The highest BCUT2D eigenvalue weighted by atomic mass is 16.6. The van der Waals surface area contributed by atoms with Crippen molar-refractivity contribution in [2.75, 3.05) is 13.6 Å². The second-order valence-electron chi connectivity index (χ2n) is 7.17. The number of ether oxygens (including phenoxy) is 2. The SMILES string of the molecule is CN(CC(=O)NCc1ccc(Oc2ccccc2)cc1)C(=O)OC(C)(C)C. The Morgan fingerprint density at radius 3 is 2.15 bits per heavy atom. The van der Waals surface area contributed by atoms with Crippen LogP contribution in [0.2, 0.25) is 0 Å². The summed E-state index contributed by atoms with van der Waals surface area (Å²) < 4.78 is 11.0. The van der Waals surface area contributed by atoms with Crippen LogP contribution in [0.3, 0.4) is 0 Å². The number of nitrogens with zero attached hydrogens (tertiary/aromatic N) is 1. The molecule has 1 N–H and O–H groups in total.